The molecule has 1 aliphatic carbocycles. The highest BCUT2D eigenvalue weighted by Crippen LogP contribution is 2.27. The van der Waals surface area contributed by atoms with Crippen LogP contribution in [0.2, 0.25) is 5.02 Å². The molecule has 2 aliphatic rings. The van der Waals surface area contributed by atoms with Gasteiger partial charge in [-0.15, -0.1) is 5.10 Å². The number of aromatic nitrogens is 3. The highest BCUT2D eigenvalue weighted by Gasteiger charge is 2.42. The Kier molecular flexibility index (Phi) is 7.14. The van der Waals surface area contributed by atoms with Gasteiger partial charge >= 0.3 is 5.97 Å². The second-order valence-electron chi connectivity index (χ2n) is 8.37. The molecule has 0 radical (unpaired) electrons. The Labute approximate surface area is 193 Å². The summed E-state index contributed by atoms with van der Waals surface area (Å²) in [4.78, 5) is 14.8. The van der Waals surface area contributed by atoms with Crippen LogP contribution in [0, 0.1) is 0 Å². The molecule has 4 rings (SSSR count). The summed E-state index contributed by atoms with van der Waals surface area (Å²) in [6.45, 7) is 1.20. The van der Waals surface area contributed by atoms with Gasteiger partial charge in [-0.2, -0.15) is 4.31 Å². The summed E-state index contributed by atoms with van der Waals surface area (Å²) in [5.41, 5.74) is 1.47. The van der Waals surface area contributed by atoms with Crippen LogP contribution in [-0.2, 0) is 32.6 Å². The van der Waals surface area contributed by atoms with Crippen LogP contribution >= 0.6 is 11.6 Å². The number of nitrogens with zero attached hydrogens (tertiary/aromatic N) is 5. The summed E-state index contributed by atoms with van der Waals surface area (Å²) >= 11 is 5.93. The molecule has 0 bridgehead atoms. The molecule has 0 N–H and O–H groups in total. The quantitative estimate of drug-likeness (QED) is 0.581. The monoisotopic (exact) mass is 481 g/mol. The van der Waals surface area contributed by atoms with E-state index in [1.807, 2.05) is 12.1 Å². The number of hydrogen-bond acceptors (Lipinski definition) is 7. The first-order valence-electron chi connectivity index (χ1n) is 10.8. The van der Waals surface area contributed by atoms with Crippen molar-refractivity contribution < 1.29 is 17.9 Å². The number of rotatable bonds is 6. The van der Waals surface area contributed by atoms with Gasteiger partial charge in [-0.1, -0.05) is 41.8 Å². The van der Waals surface area contributed by atoms with Crippen LogP contribution in [-0.4, -0.2) is 76.6 Å². The van der Waals surface area contributed by atoms with Crippen LogP contribution in [0.1, 0.15) is 36.9 Å². The molecular weight excluding hydrogens is 454 g/mol. The summed E-state index contributed by atoms with van der Waals surface area (Å²) in [5.74, 6) is -0.581. The van der Waals surface area contributed by atoms with Gasteiger partial charge in [0, 0.05) is 24.2 Å². The van der Waals surface area contributed by atoms with Gasteiger partial charge in [-0.05, 0) is 30.5 Å². The van der Waals surface area contributed by atoms with E-state index in [-0.39, 0.29) is 12.3 Å². The molecule has 2 aromatic rings. The van der Waals surface area contributed by atoms with Crippen LogP contribution in [0.4, 0.5) is 0 Å². The zero-order chi connectivity index (χ0) is 22.7. The van der Waals surface area contributed by atoms with Gasteiger partial charge in [0.25, 0.3) is 0 Å². The van der Waals surface area contributed by atoms with E-state index in [1.54, 1.807) is 23.0 Å². The Morgan fingerprint density at radius 2 is 1.91 bits per heavy atom. The van der Waals surface area contributed by atoms with Crippen LogP contribution in [0.25, 0.3) is 0 Å². The van der Waals surface area contributed by atoms with Crippen molar-refractivity contribution >= 4 is 27.6 Å². The Morgan fingerprint density at radius 1 is 1.19 bits per heavy atom. The first kappa shape index (κ1) is 23.2. The molecule has 1 saturated heterocycles. The fraction of sp³-hybridized carbons (Fsp3) is 0.571. The van der Waals surface area contributed by atoms with Crippen molar-refractivity contribution in [1.82, 2.24) is 24.2 Å². The van der Waals surface area contributed by atoms with Crippen molar-refractivity contribution in [1.29, 1.82) is 0 Å². The lowest BCUT2D eigenvalue weighted by molar-refractivity contribution is -0.146. The standard InChI is InChI=1S/C21H28ClN5O4S/c1-31-21(28)20-15-25(19-4-2-3-5-19)10-11-32(29,30)27(20)14-18-13-26(24-23-18)12-16-6-8-17(22)9-7-16/h6-9,13,19-20H,2-5,10-12,14-15H2,1H3. The highest BCUT2D eigenvalue weighted by molar-refractivity contribution is 7.89. The molecule has 32 heavy (non-hydrogen) atoms. The van der Waals surface area contributed by atoms with Crippen LogP contribution < -0.4 is 0 Å². The van der Waals surface area contributed by atoms with E-state index in [1.165, 1.54) is 11.4 Å². The average Bonchev–Trinajstić information content (AvgIpc) is 3.44. The molecule has 1 atom stereocenters. The molecule has 9 nitrogen and oxygen atoms in total. The number of carbonyl (C=O) groups excluding carboxylic acids is 1. The fourth-order valence-electron chi connectivity index (χ4n) is 4.51. The number of halogens is 1. The number of ether oxygens (including phenoxy) is 1. The third kappa shape index (κ3) is 5.31. The molecule has 1 aromatic heterocycles. The normalized spacial score (nSPS) is 22.6. The van der Waals surface area contributed by atoms with Gasteiger partial charge in [0.05, 0.1) is 37.8 Å². The number of esters is 1. The summed E-state index contributed by atoms with van der Waals surface area (Å²) in [6, 6.07) is 6.81. The molecular formula is C21H28ClN5O4S. The van der Waals surface area contributed by atoms with Crippen LogP contribution in [0.5, 0.6) is 0 Å². The van der Waals surface area contributed by atoms with Crippen molar-refractivity contribution in [2.45, 2.75) is 50.9 Å². The lowest BCUT2D eigenvalue weighted by Gasteiger charge is -2.30. The number of methoxy groups -OCH3 is 1. The van der Waals surface area contributed by atoms with E-state index in [4.69, 9.17) is 16.3 Å². The van der Waals surface area contributed by atoms with Crippen molar-refractivity contribution in [3.05, 3.63) is 46.7 Å². The maximum atomic E-state index is 13.2. The Balaban J connectivity index is 1.53. The van der Waals surface area contributed by atoms with Gasteiger partial charge in [-0.3, -0.25) is 9.69 Å². The molecule has 0 amide bonds. The summed E-state index contributed by atoms with van der Waals surface area (Å²) in [5, 5.41) is 8.93. The molecule has 0 spiro atoms. The average molecular weight is 482 g/mol. The van der Waals surface area contributed by atoms with Crippen molar-refractivity contribution in [3.8, 4) is 0 Å². The van der Waals surface area contributed by atoms with Gasteiger partial charge in [0.2, 0.25) is 10.0 Å². The van der Waals surface area contributed by atoms with Crippen molar-refractivity contribution in [3.63, 3.8) is 0 Å². The minimum atomic E-state index is -3.68. The van der Waals surface area contributed by atoms with Crippen molar-refractivity contribution in [2.24, 2.45) is 0 Å². The molecule has 1 saturated carbocycles. The highest BCUT2D eigenvalue weighted by atomic mass is 35.5. The molecule has 174 valence electrons. The minimum absolute atomic E-state index is 0.0266. The Hall–Kier alpha value is -2.01. The van der Waals surface area contributed by atoms with E-state index in [2.05, 4.69) is 15.2 Å². The molecule has 11 heteroatoms. The SMILES string of the molecule is COC(=O)C1CN(C2CCCC2)CCS(=O)(=O)N1Cc1cn(Cc2ccc(Cl)cc2)nn1. The second kappa shape index (κ2) is 9.86. The molecule has 1 aromatic carbocycles. The van der Waals surface area contributed by atoms with Gasteiger partial charge in [-0.25, -0.2) is 13.1 Å². The van der Waals surface area contributed by atoms with Gasteiger partial charge in [0.1, 0.15) is 6.04 Å². The molecule has 2 fully saturated rings. The van der Waals surface area contributed by atoms with E-state index in [9.17, 15) is 13.2 Å². The predicted octanol–water partition coefficient (Wildman–Crippen LogP) is 1.91. The maximum absolute atomic E-state index is 13.2. The first-order chi connectivity index (χ1) is 15.4. The maximum Gasteiger partial charge on any atom is 0.325 e. The third-order valence-electron chi connectivity index (χ3n) is 6.22. The van der Waals surface area contributed by atoms with Crippen LogP contribution in [0.3, 0.4) is 0 Å². The van der Waals surface area contributed by atoms with E-state index in [0.717, 1.165) is 31.2 Å². The lowest BCUT2D eigenvalue weighted by Crippen LogP contribution is -2.49. The smallest absolute Gasteiger partial charge is 0.325 e. The van der Waals surface area contributed by atoms with E-state index >= 15 is 0 Å². The first-order valence-corrected chi connectivity index (χ1v) is 12.8. The Bertz CT molecular complexity index is 1040. The molecule has 1 unspecified atom stereocenters. The van der Waals surface area contributed by atoms with Crippen LogP contribution in [0.15, 0.2) is 30.5 Å². The third-order valence-corrected chi connectivity index (χ3v) is 8.27. The number of benzene rings is 1. The number of sulfonamides is 1. The minimum Gasteiger partial charge on any atom is -0.468 e. The summed E-state index contributed by atoms with van der Waals surface area (Å²) in [6.07, 6.45) is 6.05. The second-order valence-corrected chi connectivity index (χ2v) is 10.8. The predicted molar refractivity (Wildman–Crippen MR) is 120 cm³/mol. The molecule has 1 aliphatic heterocycles. The zero-order valence-electron chi connectivity index (χ0n) is 18.1. The summed E-state index contributed by atoms with van der Waals surface area (Å²) < 4.78 is 34.2. The summed E-state index contributed by atoms with van der Waals surface area (Å²) in [7, 11) is -2.39. The van der Waals surface area contributed by atoms with E-state index < -0.39 is 22.0 Å². The fourth-order valence-corrected chi connectivity index (χ4v) is 6.21. The largest absolute Gasteiger partial charge is 0.468 e. The van der Waals surface area contributed by atoms with Gasteiger partial charge in [0.15, 0.2) is 0 Å². The number of hydrogen-bond donors (Lipinski definition) is 0. The number of carbonyl (C=O) groups is 1. The Morgan fingerprint density at radius 3 is 2.59 bits per heavy atom. The lowest BCUT2D eigenvalue weighted by atomic mass is 10.1. The molecule has 2 heterocycles. The topological polar surface area (TPSA) is 97.6 Å². The van der Waals surface area contributed by atoms with Crippen molar-refractivity contribution in [2.75, 3.05) is 26.0 Å². The zero-order valence-corrected chi connectivity index (χ0v) is 19.6. The van der Waals surface area contributed by atoms with Gasteiger partial charge < -0.3 is 4.74 Å². The van der Waals surface area contributed by atoms with E-state index in [0.29, 0.717) is 36.4 Å².